The number of piperidine rings is 1. The predicted molar refractivity (Wildman–Crippen MR) is 141 cm³/mol. The summed E-state index contributed by atoms with van der Waals surface area (Å²) < 4.78 is 10.7. The van der Waals surface area contributed by atoms with E-state index in [-0.39, 0.29) is 17.2 Å². The third-order valence-corrected chi connectivity index (χ3v) is 22.4. The van der Waals surface area contributed by atoms with Gasteiger partial charge in [-0.2, -0.15) is 0 Å². The Morgan fingerprint density at radius 3 is 1.94 bits per heavy atom. The van der Waals surface area contributed by atoms with Gasteiger partial charge in [-0.15, -0.1) is 0 Å². The Hall–Kier alpha value is -0.691. The first-order valence-electron chi connectivity index (χ1n) is 13.4. The molecule has 0 radical (unpaired) electrons. The van der Waals surface area contributed by atoms with E-state index in [1.54, 1.807) is 6.26 Å². The summed E-state index contributed by atoms with van der Waals surface area (Å²) in [6.45, 7) is 15.6. The molecule has 0 bridgehead atoms. The molecular weight excluding hydrogens is 519 g/mol. The van der Waals surface area contributed by atoms with Gasteiger partial charge in [0.15, 0.2) is 0 Å². The third-order valence-electron chi connectivity index (χ3n) is 7.51. The van der Waals surface area contributed by atoms with Crippen LogP contribution in [0, 0.1) is 0 Å². The number of carbonyl (C=O) groups excluding carboxylic acids is 1. The number of nitrogens with zero attached hydrogens (tertiary/aromatic N) is 2. The zero-order valence-electron chi connectivity index (χ0n) is 22.5. The Bertz CT molecular complexity index is 664. The molecule has 0 aromatic carbocycles. The zero-order valence-corrected chi connectivity index (χ0v) is 25.4. The van der Waals surface area contributed by atoms with E-state index in [1.807, 2.05) is 22.1 Å². The summed E-state index contributed by atoms with van der Waals surface area (Å²) in [5.74, 6) is 0.637. The van der Waals surface area contributed by atoms with Gasteiger partial charge in [-0.05, 0) is 0 Å². The molecular formula is C27H50N2O3Sn. The average Bonchev–Trinajstić information content (AvgIpc) is 3.29. The standard InChI is InChI=1S/C15H23N2O3.3C4H9.Sn/c1-14(2)9-7-10-15(3,4)17(14)20-13(18)16(5)12-8-6-11-19-12;3*1-3-4-2;/h6,8,11H,5,7,9-10H2,1-4H3;3*1,3-4H2,2H3;. The first-order valence-corrected chi connectivity index (χ1v) is 21.5. The Morgan fingerprint density at radius 1 is 1.00 bits per heavy atom. The van der Waals surface area contributed by atoms with Crippen molar-refractivity contribution in [2.75, 3.05) is 9.46 Å². The molecule has 2 rings (SSSR count). The molecule has 1 aliphatic heterocycles. The second kappa shape index (κ2) is 12.9. The van der Waals surface area contributed by atoms with Crippen LogP contribution in [-0.4, -0.2) is 45.2 Å². The molecule has 1 aromatic rings. The first kappa shape index (κ1) is 28.5. The Kier molecular flexibility index (Phi) is 11.1. The molecule has 0 aliphatic carbocycles. The van der Waals surface area contributed by atoms with Gasteiger partial charge in [0.25, 0.3) is 0 Å². The molecule has 2 heterocycles. The van der Waals surface area contributed by atoms with Crippen LogP contribution in [0.1, 0.15) is 106 Å². The van der Waals surface area contributed by atoms with Crippen LogP contribution in [0.4, 0.5) is 10.7 Å². The average molecular weight is 569 g/mol. The second-order valence-electron chi connectivity index (χ2n) is 11.5. The molecule has 1 aromatic heterocycles. The molecule has 1 aliphatic rings. The van der Waals surface area contributed by atoms with Crippen LogP contribution in [0.25, 0.3) is 0 Å². The Labute approximate surface area is 207 Å². The second-order valence-corrected chi connectivity index (χ2v) is 25.2. The molecule has 33 heavy (non-hydrogen) atoms. The van der Waals surface area contributed by atoms with Gasteiger partial charge in [-0.1, -0.05) is 0 Å². The maximum absolute atomic E-state index is 13.8. The summed E-state index contributed by atoms with van der Waals surface area (Å²) >= 11 is -2.66. The number of carbonyl (C=O) groups is 1. The van der Waals surface area contributed by atoms with Gasteiger partial charge in [0, 0.05) is 0 Å². The quantitative estimate of drug-likeness (QED) is 0.223. The molecule has 1 saturated heterocycles. The van der Waals surface area contributed by atoms with Crippen molar-refractivity contribution < 1.29 is 14.0 Å². The summed E-state index contributed by atoms with van der Waals surface area (Å²) in [5, 5.41) is 1.98. The maximum atomic E-state index is 13.8. The monoisotopic (exact) mass is 570 g/mol. The van der Waals surface area contributed by atoms with Crippen LogP contribution < -0.4 is 4.90 Å². The zero-order chi connectivity index (χ0) is 24.5. The molecule has 1 amide bonds. The van der Waals surface area contributed by atoms with Crippen molar-refractivity contribution in [1.29, 1.82) is 0 Å². The van der Waals surface area contributed by atoms with E-state index in [0.717, 1.165) is 23.8 Å². The van der Waals surface area contributed by atoms with Gasteiger partial charge < -0.3 is 0 Å². The summed E-state index contributed by atoms with van der Waals surface area (Å²) in [6, 6.07) is 3.80. The topological polar surface area (TPSA) is 45.9 Å². The van der Waals surface area contributed by atoms with E-state index in [0.29, 0.717) is 5.88 Å². The van der Waals surface area contributed by atoms with E-state index in [1.165, 1.54) is 51.8 Å². The fraction of sp³-hybridized carbons (Fsp3) is 0.815. The number of hydroxylamine groups is 2. The summed E-state index contributed by atoms with van der Waals surface area (Å²) in [5.41, 5.74) is -0.363. The van der Waals surface area contributed by atoms with Gasteiger partial charge in [0.2, 0.25) is 0 Å². The van der Waals surface area contributed by atoms with Crippen molar-refractivity contribution in [1.82, 2.24) is 5.06 Å². The van der Waals surface area contributed by atoms with Gasteiger partial charge >= 0.3 is 208 Å². The van der Waals surface area contributed by atoms with Crippen LogP contribution in [0.5, 0.6) is 0 Å². The van der Waals surface area contributed by atoms with Gasteiger partial charge in [-0.3, -0.25) is 0 Å². The van der Waals surface area contributed by atoms with Crippen molar-refractivity contribution in [2.24, 2.45) is 0 Å². The van der Waals surface area contributed by atoms with Crippen LogP contribution in [0.3, 0.4) is 0 Å². The van der Waals surface area contributed by atoms with Crippen LogP contribution in [0.15, 0.2) is 22.8 Å². The molecule has 0 unspecified atom stereocenters. The van der Waals surface area contributed by atoms with Gasteiger partial charge in [0.1, 0.15) is 0 Å². The third kappa shape index (κ3) is 7.91. The number of anilines is 1. The number of rotatable bonds is 13. The predicted octanol–water partition coefficient (Wildman–Crippen LogP) is 8.57. The fourth-order valence-corrected chi connectivity index (χ4v) is 21.3. The summed E-state index contributed by atoms with van der Waals surface area (Å²) in [7, 11) is 0. The molecule has 0 N–H and O–H groups in total. The first-order chi connectivity index (χ1) is 15.6. The van der Waals surface area contributed by atoms with Crippen molar-refractivity contribution in [3.8, 4) is 0 Å². The van der Waals surface area contributed by atoms with E-state index in [4.69, 9.17) is 9.25 Å². The molecule has 0 atom stereocenters. The molecule has 0 spiro atoms. The van der Waals surface area contributed by atoms with Crippen molar-refractivity contribution in [2.45, 2.75) is 131 Å². The molecule has 190 valence electrons. The Morgan fingerprint density at radius 2 is 1.52 bits per heavy atom. The molecule has 1 fully saturated rings. The number of hydrogen-bond donors (Lipinski definition) is 0. The Balaban J connectivity index is 2.35. The van der Waals surface area contributed by atoms with Crippen LogP contribution in [0.2, 0.25) is 13.3 Å². The minimum atomic E-state index is -2.66. The van der Waals surface area contributed by atoms with Crippen LogP contribution in [-0.2, 0) is 4.84 Å². The SMILES string of the molecule is CCC[CH2][Sn]([CH2]CCC)([CH2]CCC)[CH2]N(C(=O)ON1C(C)(C)CCCC1(C)C)c1ccco1. The van der Waals surface area contributed by atoms with E-state index in [2.05, 4.69) is 48.5 Å². The number of unbranched alkanes of at least 4 members (excludes halogenated alkanes) is 3. The van der Waals surface area contributed by atoms with Crippen LogP contribution >= 0.6 is 0 Å². The number of hydrogen-bond acceptors (Lipinski definition) is 4. The van der Waals surface area contributed by atoms with Crippen molar-refractivity contribution in [3.63, 3.8) is 0 Å². The molecule has 5 nitrogen and oxygen atoms in total. The molecule has 6 heteroatoms. The normalized spacial score (nSPS) is 18.3. The minimum absolute atomic E-state index is 0.181. The van der Waals surface area contributed by atoms with Gasteiger partial charge in [0.05, 0.1) is 0 Å². The number of furan rings is 1. The van der Waals surface area contributed by atoms with E-state index >= 15 is 0 Å². The summed E-state index contributed by atoms with van der Waals surface area (Å²) in [6.07, 6.45) is 12.1. The molecule has 0 saturated carbocycles. The fourth-order valence-electron chi connectivity index (χ4n) is 5.61. The van der Waals surface area contributed by atoms with Crippen molar-refractivity contribution in [3.05, 3.63) is 18.4 Å². The van der Waals surface area contributed by atoms with E-state index in [9.17, 15) is 4.79 Å². The van der Waals surface area contributed by atoms with E-state index < -0.39 is 18.4 Å². The summed E-state index contributed by atoms with van der Waals surface area (Å²) in [4.78, 5) is 22.0. The van der Waals surface area contributed by atoms with Gasteiger partial charge in [-0.25, -0.2) is 0 Å². The van der Waals surface area contributed by atoms with Crippen molar-refractivity contribution >= 4 is 30.4 Å². The number of amides is 1.